The minimum absolute atomic E-state index is 0.558. The zero-order chi connectivity index (χ0) is 28.1. The molecule has 0 N–H and O–H groups in total. The highest BCUT2D eigenvalue weighted by Gasteiger charge is 2.41. The number of benzene rings is 6. The molecule has 0 saturated heterocycles. The predicted molar refractivity (Wildman–Crippen MR) is 175 cm³/mol. The van der Waals surface area contributed by atoms with Crippen molar-refractivity contribution in [3.63, 3.8) is 0 Å². The van der Waals surface area contributed by atoms with Gasteiger partial charge in [0, 0.05) is 21.5 Å². The fraction of sp³-hybridized carbons (Fsp3) is 0.0500. The molecule has 1 atom stereocenters. The summed E-state index contributed by atoms with van der Waals surface area (Å²) in [6.07, 6.45) is 5.03. The van der Waals surface area contributed by atoms with Crippen LogP contribution in [-0.4, -0.2) is 4.98 Å². The molecular formula is C40H26N2. The van der Waals surface area contributed by atoms with E-state index in [4.69, 9.17) is 4.98 Å². The number of nitriles is 1. The first-order chi connectivity index (χ1) is 20.8. The molecule has 1 unspecified atom stereocenters. The molecule has 42 heavy (non-hydrogen) atoms. The van der Waals surface area contributed by atoms with Gasteiger partial charge in [-0.05, 0) is 51.1 Å². The van der Waals surface area contributed by atoms with Gasteiger partial charge in [0.1, 0.15) is 5.41 Å². The Morgan fingerprint density at radius 2 is 1.07 bits per heavy atom. The van der Waals surface area contributed by atoms with Gasteiger partial charge in [0.2, 0.25) is 0 Å². The molecule has 1 aromatic heterocycles. The van der Waals surface area contributed by atoms with E-state index < -0.39 is 5.41 Å². The molecule has 0 bridgehead atoms. The molecule has 0 fully saturated rings. The monoisotopic (exact) mass is 534 g/mol. The molecule has 7 aromatic rings. The second-order valence-electron chi connectivity index (χ2n) is 11.0. The third kappa shape index (κ3) is 3.61. The summed E-state index contributed by atoms with van der Waals surface area (Å²) in [5.41, 5.74) is 6.34. The van der Waals surface area contributed by atoms with Crippen molar-refractivity contribution in [1.82, 2.24) is 4.98 Å². The van der Waals surface area contributed by atoms with E-state index in [1.807, 2.05) is 12.1 Å². The number of hydrogen-bond donors (Lipinski definition) is 0. The first kappa shape index (κ1) is 24.3. The number of pyridine rings is 1. The normalized spacial score (nSPS) is 16.8. The summed E-state index contributed by atoms with van der Waals surface area (Å²) in [4.78, 5) is 5.37. The van der Waals surface area contributed by atoms with Crippen LogP contribution in [0.25, 0.3) is 54.5 Å². The minimum atomic E-state index is -0.927. The lowest BCUT2D eigenvalue weighted by Crippen LogP contribution is -2.28. The Bertz CT molecular complexity index is 2180. The lowest BCUT2D eigenvalue weighted by molar-refractivity contribution is 0.726. The fourth-order valence-corrected chi connectivity index (χ4v) is 6.76. The van der Waals surface area contributed by atoms with Gasteiger partial charge in [0.25, 0.3) is 0 Å². The summed E-state index contributed by atoms with van der Waals surface area (Å²) in [6, 6.07) is 49.3. The number of allylic oxidation sites excluding steroid dienone is 4. The predicted octanol–water partition coefficient (Wildman–Crippen LogP) is 10.0. The number of rotatable bonds is 3. The summed E-state index contributed by atoms with van der Waals surface area (Å²) >= 11 is 0. The van der Waals surface area contributed by atoms with Crippen LogP contribution in [0, 0.1) is 11.3 Å². The van der Waals surface area contributed by atoms with Crippen LogP contribution in [-0.2, 0) is 5.41 Å². The molecule has 2 nitrogen and oxygen atoms in total. The zero-order valence-electron chi connectivity index (χ0n) is 23.0. The molecular weight excluding hydrogens is 508 g/mol. The van der Waals surface area contributed by atoms with Gasteiger partial charge in [0.15, 0.2) is 0 Å². The van der Waals surface area contributed by atoms with Crippen molar-refractivity contribution >= 4 is 54.5 Å². The summed E-state index contributed by atoms with van der Waals surface area (Å²) in [5, 5.41) is 17.9. The molecule has 0 aliphatic heterocycles. The van der Waals surface area contributed by atoms with Gasteiger partial charge >= 0.3 is 0 Å². The van der Waals surface area contributed by atoms with Crippen LogP contribution in [0.3, 0.4) is 0 Å². The lowest BCUT2D eigenvalue weighted by Gasteiger charge is -2.35. The maximum absolute atomic E-state index is 11.4. The highest BCUT2D eigenvalue weighted by Crippen LogP contribution is 2.51. The Morgan fingerprint density at radius 1 is 0.548 bits per heavy atom. The van der Waals surface area contributed by atoms with Crippen molar-refractivity contribution in [2.45, 2.75) is 11.8 Å². The number of aromatic nitrogens is 1. The number of hydrogen-bond acceptors (Lipinski definition) is 2. The Labute approximate surface area is 244 Å². The van der Waals surface area contributed by atoms with Crippen molar-refractivity contribution < 1.29 is 0 Å². The zero-order valence-corrected chi connectivity index (χ0v) is 23.0. The van der Waals surface area contributed by atoms with Gasteiger partial charge in [-0.25, -0.2) is 4.98 Å². The van der Waals surface area contributed by atoms with Crippen LogP contribution >= 0.6 is 0 Å². The van der Waals surface area contributed by atoms with Gasteiger partial charge in [-0.2, -0.15) is 5.26 Å². The van der Waals surface area contributed by atoms with Crippen molar-refractivity contribution in [2.24, 2.45) is 0 Å². The fourth-order valence-electron chi connectivity index (χ4n) is 6.76. The van der Waals surface area contributed by atoms with Gasteiger partial charge in [0.05, 0.1) is 17.1 Å². The molecule has 6 aromatic carbocycles. The first-order valence-electron chi connectivity index (χ1n) is 14.3. The molecule has 0 spiro atoms. The summed E-state index contributed by atoms with van der Waals surface area (Å²) < 4.78 is 0. The molecule has 0 radical (unpaired) electrons. The molecule has 0 saturated carbocycles. The second-order valence-corrected chi connectivity index (χ2v) is 11.0. The van der Waals surface area contributed by atoms with Gasteiger partial charge in [-0.3, -0.25) is 0 Å². The van der Waals surface area contributed by atoms with Crippen molar-refractivity contribution in [3.8, 4) is 6.07 Å². The smallest absolute Gasteiger partial charge is 0.112 e. The molecule has 8 rings (SSSR count). The van der Waals surface area contributed by atoms with E-state index in [2.05, 4.69) is 140 Å². The Balaban J connectivity index is 1.53. The number of fused-ring (bicyclic) bond motifs is 6. The molecule has 1 heterocycles. The van der Waals surface area contributed by atoms with Crippen LogP contribution in [0.15, 0.2) is 146 Å². The summed E-state index contributed by atoms with van der Waals surface area (Å²) in [7, 11) is 0. The highest BCUT2D eigenvalue weighted by molar-refractivity contribution is 6.17. The molecule has 2 heteroatoms. The molecule has 1 aliphatic rings. The first-order valence-corrected chi connectivity index (χ1v) is 14.3. The van der Waals surface area contributed by atoms with E-state index in [1.165, 1.54) is 0 Å². The van der Waals surface area contributed by atoms with Crippen LogP contribution < -0.4 is 0 Å². The highest BCUT2D eigenvalue weighted by atomic mass is 14.7. The van der Waals surface area contributed by atoms with Crippen LogP contribution in [0.2, 0.25) is 0 Å². The van der Waals surface area contributed by atoms with Gasteiger partial charge in [-0.1, -0.05) is 140 Å². The number of nitrogens with zero attached hydrogens (tertiary/aromatic N) is 2. The average molecular weight is 535 g/mol. The summed E-state index contributed by atoms with van der Waals surface area (Å²) in [6.45, 7) is 0. The van der Waals surface area contributed by atoms with Gasteiger partial charge in [-0.15, -0.1) is 0 Å². The Morgan fingerprint density at radius 3 is 1.64 bits per heavy atom. The van der Waals surface area contributed by atoms with E-state index in [9.17, 15) is 5.26 Å². The van der Waals surface area contributed by atoms with Crippen LogP contribution in [0.4, 0.5) is 0 Å². The Hall–Kier alpha value is -5.52. The third-order valence-electron chi connectivity index (χ3n) is 8.76. The molecule has 0 amide bonds. The maximum atomic E-state index is 11.4. The van der Waals surface area contributed by atoms with E-state index in [-0.39, 0.29) is 0 Å². The minimum Gasteiger partial charge on any atom is -0.246 e. The molecule has 1 aliphatic carbocycles. The van der Waals surface area contributed by atoms with E-state index >= 15 is 0 Å². The standard InChI is InChI=1S/C40H26N2/c41-26-40(24-23-31(27-11-3-1-4-12-27)25-36(40)30-15-5-2-6-16-30)37-34-21-19-28-13-7-9-17-32(28)38(34)42-39-33-18-10-8-14-29(33)20-22-35(37)39/h1-23,25H,24H2. The largest absolute Gasteiger partial charge is 0.246 e. The lowest BCUT2D eigenvalue weighted by atomic mass is 9.65. The SMILES string of the molecule is N#CC1(c2c3ccc4ccccc4c3nc3c2ccc2ccccc23)CC=C(c2ccccc2)C=C1c1ccccc1. The van der Waals surface area contributed by atoms with Gasteiger partial charge < -0.3 is 0 Å². The second kappa shape index (κ2) is 9.54. The summed E-state index contributed by atoms with van der Waals surface area (Å²) in [5.74, 6) is 0. The van der Waals surface area contributed by atoms with Crippen LogP contribution in [0.1, 0.15) is 23.1 Å². The van der Waals surface area contributed by atoms with Crippen LogP contribution in [0.5, 0.6) is 0 Å². The topological polar surface area (TPSA) is 36.7 Å². The van der Waals surface area contributed by atoms with Crippen molar-refractivity contribution in [1.29, 1.82) is 5.26 Å². The average Bonchev–Trinajstić information content (AvgIpc) is 3.07. The van der Waals surface area contributed by atoms with Crippen molar-refractivity contribution in [3.05, 3.63) is 162 Å². The Kier molecular flexibility index (Phi) is 5.52. The van der Waals surface area contributed by atoms with E-state index in [0.717, 1.165) is 71.2 Å². The maximum Gasteiger partial charge on any atom is 0.112 e. The quantitative estimate of drug-likeness (QED) is 0.167. The van der Waals surface area contributed by atoms with E-state index in [1.54, 1.807) is 0 Å². The van der Waals surface area contributed by atoms with Crippen molar-refractivity contribution in [2.75, 3.05) is 0 Å². The van der Waals surface area contributed by atoms with E-state index in [0.29, 0.717) is 6.42 Å². The third-order valence-corrected chi connectivity index (χ3v) is 8.76. The molecule has 196 valence electrons.